The molecule has 2 aromatic rings. The largest absolute Gasteiger partial charge is 0.508 e. The van der Waals surface area contributed by atoms with Gasteiger partial charge < -0.3 is 20.1 Å². The minimum atomic E-state index is -0.247. The third-order valence-corrected chi connectivity index (χ3v) is 4.48. The maximum absolute atomic E-state index is 13.2. The van der Waals surface area contributed by atoms with Gasteiger partial charge in [0.25, 0.3) is 0 Å². The number of phenolic OH excluding ortho intramolecular Hbond substituents is 1. The normalized spacial score (nSPS) is 20.6. The monoisotopic (exact) mass is 371 g/mol. The molecule has 2 N–H and O–H groups in total. The number of phenols is 1. The van der Waals surface area contributed by atoms with Gasteiger partial charge in [-0.25, -0.2) is 9.38 Å². The van der Waals surface area contributed by atoms with E-state index in [-0.39, 0.29) is 23.8 Å². The van der Waals surface area contributed by atoms with Gasteiger partial charge in [-0.15, -0.1) is 0 Å². The van der Waals surface area contributed by atoms with Crippen molar-refractivity contribution in [2.75, 3.05) is 19.6 Å². The zero-order chi connectivity index (χ0) is 19.2. The summed E-state index contributed by atoms with van der Waals surface area (Å²) < 4.78 is 19.3. The highest BCUT2D eigenvalue weighted by atomic mass is 19.1. The summed E-state index contributed by atoms with van der Waals surface area (Å²) in [5, 5.41) is 12.8. The fourth-order valence-corrected chi connectivity index (χ4v) is 3.18. The Hall–Kier alpha value is -2.60. The van der Waals surface area contributed by atoms with Crippen molar-refractivity contribution in [2.24, 2.45) is 4.99 Å². The van der Waals surface area contributed by atoms with Crippen molar-refractivity contribution >= 4 is 5.96 Å². The van der Waals surface area contributed by atoms with Gasteiger partial charge in [0.15, 0.2) is 5.96 Å². The number of benzene rings is 2. The summed E-state index contributed by atoms with van der Waals surface area (Å²) in [6.07, 6.45) is -0.0989. The summed E-state index contributed by atoms with van der Waals surface area (Å²) in [7, 11) is 0. The standard InChI is InChI=1S/C21H26FN3O2/c1-3-23-21(24-12-16-4-10-19(26)11-5-16)25-13-15(2)27-20(14-25)17-6-8-18(22)9-7-17/h4-11,15,20,26H,3,12-14H2,1-2H3,(H,23,24). The van der Waals surface area contributed by atoms with Gasteiger partial charge in [0.1, 0.15) is 17.7 Å². The molecule has 2 unspecified atom stereocenters. The minimum absolute atomic E-state index is 0.0336. The first-order valence-corrected chi connectivity index (χ1v) is 9.27. The SMILES string of the molecule is CCNC(=NCc1ccc(O)cc1)N1CC(C)OC(c2ccc(F)cc2)C1. The lowest BCUT2D eigenvalue weighted by molar-refractivity contribution is -0.0605. The number of aliphatic imine (C=N–C) groups is 1. The number of aromatic hydroxyl groups is 1. The molecule has 1 heterocycles. The average molecular weight is 371 g/mol. The molecule has 1 saturated heterocycles. The zero-order valence-corrected chi connectivity index (χ0v) is 15.7. The van der Waals surface area contributed by atoms with E-state index in [1.54, 1.807) is 24.3 Å². The van der Waals surface area contributed by atoms with E-state index in [9.17, 15) is 9.50 Å². The molecule has 6 heteroatoms. The zero-order valence-electron chi connectivity index (χ0n) is 15.7. The number of hydrogen-bond acceptors (Lipinski definition) is 3. The molecule has 2 atom stereocenters. The summed E-state index contributed by atoms with van der Waals surface area (Å²) in [4.78, 5) is 6.93. The van der Waals surface area contributed by atoms with Crippen molar-refractivity contribution in [3.8, 4) is 5.75 Å². The second-order valence-corrected chi connectivity index (χ2v) is 6.73. The molecular formula is C21H26FN3O2. The first kappa shape index (κ1) is 19.2. The van der Waals surface area contributed by atoms with Gasteiger partial charge in [0.05, 0.1) is 19.2 Å². The van der Waals surface area contributed by atoms with Gasteiger partial charge in [-0.3, -0.25) is 0 Å². The van der Waals surface area contributed by atoms with Crippen molar-refractivity contribution in [2.45, 2.75) is 32.6 Å². The third-order valence-electron chi connectivity index (χ3n) is 4.48. The van der Waals surface area contributed by atoms with Crippen LogP contribution in [0.2, 0.25) is 0 Å². The van der Waals surface area contributed by atoms with E-state index in [0.717, 1.165) is 30.2 Å². The minimum Gasteiger partial charge on any atom is -0.508 e. The number of rotatable bonds is 4. The van der Waals surface area contributed by atoms with Gasteiger partial charge in [0.2, 0.25) is 0 Å². The highest BCUT2D eigenvalue weighted by Crippen LogP contribution is 2.25. The lowest BCUT2D eigenvalue weighted by Gasteiger charge is -2.38. The topological polar surface area (TPSA) is 57.1 Å². The predicted octanol–water partition coefficient (Wildman–Crippen LogP) is 3.46. The molecule has 27 heavy (non-hydrogen) atoms. The van der Waals surface area contributed by atoms with E-state index < -0.39 is 0 Å². The molecule has 144 valence electrons. The van der Waals surface area contributed by atoms with Crippen molar-refractivity contribution in [3.63, 3.8) is 0 Å². The van der Waals surface area contributed by atoms with E-state index in [4.69, 9.17) is 9.73 Å². The molecule has 1 aliphatic rings. The van der Waals surface area contributed by atoms with E-state index in [2.05, 4.69) is 10.2 Å². The molecule has 0 bridgehead atoms. The van der Waals surface area contributed by atoms with Gasteiger partial charge in [0, 0.05) is 13.1 Å². The smallest absolute Gasteiger partial charge is 0.194 e. The molecule has 3 rings (SSSR count). The number of nitrogens with one attached hydrogen (secondary N) is 1. The molecule has 2 aromatic carbocycles. The van der Waals surface area contributed by atoms with Crippen LogP contribution >= 0.6 is 0 Å². The van der Waals surface area contributed by atoms with Gasteiger partial charge in [-0.1, -0.05) is 24.3 Å². The van der Waals surface area contributed by atoms with Crippen LogP contribution in [0.1, 0.15) is 31.1 Å². The summed E-state index contributed by atoms with van der Waals surface area (Å²) in [5.74, 6) is 0.829. The quantitative estimate of drug-likeness (QED) is 0.638. The van der Waals surface area contributed by atoms with Crippen LogP contribution in [0.25, 0.3) is 0 Å². The summed E-state index contributed by atoms with van der Waals surface area (Å²) in [6.45, 7) is 6.75. The molecule has 0 aromatic heterocycles. The maximum Gasteiger partial charge on any atom is 0.194 e. The first-order chi connectivity index (χ1) is 13.0. The fourth-order valence-electron chi connectivity index (χ4n) is 3.18. The Bertz CT molecular complexity index is 762. The average Bonchev–Trinajstić information content (AvgIpc) is 2.66. The van der Waals surface area contributed by atoms with E-state index in [0.29, 0.717) is 13.1 Å². The van der Waals surface area contributed by atoms with Gasteiger partial charge in [-0.2, -0.15) is 0 Å². The van der Waals surface area contributed by atoms with Crippen LogP contribution in [0.5, 0.6) is 5.75 Å². The van der Waals surface area contributed by atoms with Gasteiger partial charge in [-0.05, 0) is 49.2 Å². The van der Waals surface area contributed by atoms with E-state index >= 15 is 0 Å². The van der Waals surface area contributed by atoms with Crippen molar-refractivity contribution in [3.05, 3.63) is 65.5 Å². The Morgan fingerprint density at radius 3 is 2.56 bits per heavy atom. The van der Waals surface area contributed by atoms with E-state index in [1.807, 2.05) is 26.0 Å². The highest BCUT2D eigenvalue weighted by molar-refractivity contribution is 5.80. The Labute approximate surface area is 159 Å². The fraction of sp³-hybridized carbons (Fsp3) is 0.381. The van der Waals surface area contributed by atoms with Crippen LogP contribution in [0.15, 0.2) is 53.5 Å². The van der Waals surface area contributed by atoms with Crippen LogP contribution in [-0.2, 0) is 11.3 Å². The van der Waals surface area contributed by atoms with Crippen molar-refractivity contribution in [1.82, 2.24) is 10.2 Å². The van der Waals surface area contributed by atoms with Crippen LogP contribution in [0.4, 0.5) is 4.39 Å². The van der Waals surface area contributed by atoms with Crippen LogP contribution in [-0.4, -0.2) is 41.7 Å². The Balaban J connectivity index is 1.75. The van der Waals surface area contributed by atoms with Gasteiger partial charge >= 0.3 is 0 Å². The number of nitrogens with zero attached hydrogens (tertiary/aromatic N) is 2. The van der Waals surface area contributed by atoms with Crippen LogP contribution in [0, 0.1) is 5.82 Å². The Morgan fingerprint density at radius 2 is 1.89 bits per heavy atom. The number of ether oxygens (including phenoxy) is 1. The maximum atomic E-state index is 13.2. The molecule has 0 aliphatic carbocycles. The summed E-state index contributed by atoms with van der Waals surface area (Å²) >= 11 is 0. The first-order valence-electron chi connectivity index (χ1n) is 9.27. The molecule has 0 radical (unpaired) electrons. The second-order valence-electron chi connectivity index (χ2n) is 6.73. The molecule has 5 nitrogen and oxygen atoms in total. The van der Waals surface area contributed by atoms with Crippen molar-refractivity contribution in [1.29, 1.82) is 0 Å². The summed E-state index contributed by atoms with van der Waals surface area (Å²) in [6, 6.07) is 13.5. The predicted molar refractivity (Wildman–Crippen MR) is 104 cm³/mol. The van der Waals surface area contributed by atoms with Crippen LogP contribution in [0.3, 0.4) is 0 Å². The molecule has 0 amide bonds. The summed E-state index contributed by atoms with van der Waals surface area (Å²) in [5.41, 5.74) is 1.99. The lowest BCUT2D eigenvalue weighted by atomic mass is 10.1. The molecule has 0 saturated carbocycles. The molecular weight excluding hydrogens is 345 g/mol. The number of halogens is 1. The highest BCUT2D eigenvalue weighted by Gasteiger charge is 2.28. The lowest BCUT2D eigenvalue weighted by Crippen LogP contribution is -2.50. The third kappa shape index (κ3) is 5.20. The molecule has 1 fully saturated rings. The number of hydrogen-bond donors (Lipinski definition) is 2. The number of guanidine groups is 1. The Morgan fingerprint density at radius 1 is 1.19 bits per heavy atom. The Kier molecular flexibility index (Phi) is 6.29. The van der Waals surface area contributed by atoms with Crippen LogP contribution < -0.4 is 5.32 Å². The second kappa shape index (κ2) is 8.86. The van der Waals surface area contributed by atoms with Crippen molar-refractivity contribution < 1.29 is 14.2 Å². The van der Waals surface area contributed by atoms with E-state index in [1.165, 1.54) is 12.1 Å². The number of morpholine rings is 1. The molecule has 1 aliphatic heterocycles. The molecule has 0 spiro atoms.